The first-order valence-corrected chi connectivity index (χ1v) is 5.58. The molecule has 0 saturated carbocycles. The lowest BCUT2D eigenvalue weighted by atomic mass is 9.96. The number of benzene rings is 1. The van der Waals surface area contributed by atoms with E-state index in [1.54, 1.807) is 0 Å². The van der Waals surface area contributed by atoms with Crippen LogP contribution in [-0.2, 0) is 6.18 Å². The van der Waals surface area contributed by atoms with Crippen LogP contribution in [0.25, 0.3) is 0 Å². The summed E-state index contributed by atoms with van der Waals surface area (Å²) in [5.74, 6) is -1.21. The summed E-state index contributed by atoms with van der Waals surface area (Å²) < 4.78 is 50.7. The standard InChI is InChI=1S/C12H13F4N/c13-10-5-4-8(7-9(10)12(14,15)16)11-3-1-2-6-17-11/h4-5,7,11,17H,1-3,6H2/t11-/m0/s1. The molecular formula is C12H13F4N. The van der Waals surface area contributed by atoms with Crippen LogP contribution in [0.4, 0.5) is 17.6 Å². The second-order valence-corrected chi connectivity index (χ2v) is 4.24. The van der Waals surface area contributed by atoms with E-state index in [9.17, 15) is 17.6 Å². The van der Waals surface area contributed by atoms with E-state index >= 15 is 0 Å². The molecule has 0 radical (unpaired) electrons. The molecule has 1 fully saturated rings. The number of rotatable bonds is 1. The predicted molar refractivity (Wildman–Crippen MR) is 56.0 cm³/mol. The Morgan fingerprint density at radius 2 is 1.94 bits per heavy atom. The summed E-state index contributed by atoms with van der Waals surface area (Å²) in [4.78, 5) is 0. The maximum atomic E-state index is 13.1. The fourth-order valence-electron chi connectivity index (χ4n) is 2.11. The molecule has 17 heavy (non-hydrogen) atoms. The number of nitrogens with one attached hydrogen (secondary N) is 1. The van der Waals surface area contributed by atoms with E-state index in [0.717, 1.165) is 37.9 Å². The highest BCUT2D eigenvalue weighted by atomic mass is 19.4. The topological polar surface area (TPSA) is 12.0 Å². The monoisotopic (exact) mass is 247 g/mol. The molecule has 94 valence electrons. The van der Waals surface area contributed by atoms with Crippen LogP contribution in [0, 0.1) is 5.82 Å². The third-order valence-electron chi connectivity index (χ3n) is 3.01. The summed E-state index contributed by atoms with van der Waals surface area (Å²) in [5.41, 5.74) is -0.666. The average molecular weight is 247 g/mol. The summed E-state index contributed by atoms with van der Waals surface area (Å²) >= 11 is 0. The van der Waals surface area contributed by atoms with Gasteiger partial charge in [0.2, 0.25) is 0 Å². The summed E-state index contributed by atoms with van der Waals surface area (Å²) in [6, 6.07) is 3.14. The van der Waals surface area contributed by atoms with E-state index in [4.69, 9.17) is 0 Å². The smallest absolute Gasteiger partial charge is 0.310 e. The summed E-state index contributed by atoms with van der Waals surface area (Å²) in [5, 5.41) is 3.14. The van der Waals surface area contributed by atoms with Crippen molar-refractivity contribution in [3.63, 3.8) is 0 Å². The minimum atomic E-state index is -4.63. The Morgan fingerprint density at radius 1 is 1.18 bits per heavy atom. The Bertz CT molecular complexity index is 394. The average Bonchev–Trinajstić information content (AvgIpc) is 2.29. The molecule has 1 aliphatic rings. The van der Waals surface area contributed by atoms with E-state index in [1.807, 2.05) is 0 Å². The Kier molecular flexibility index (Phi) is 3.38. The lowest BCUT2D eigenvalue weighted by Crippen LogP contribution is -2.27. The van der Waals surface area contributed by atoms with Gasteiger partial charge in [-0.25, -0.2) is 4.39 Å². The second kappa shape index (κ2) is 4.64. The Morgan fingerprint density at radius 3 is 2.53 bits per heavy atom. The van der Waals surface area contributed by atoms with Crippen LogP contribution >= 0.6 is 0 Å². The maximum Gasteiger partial charge on any atom is 0.419 e. The molecule has 2 rings (SSSR count). The zero-order chi connectivity index (χ0) is 12.5. The Labute approximate surface area is 96.8 Å². The van der Waals surface area contributed by atoms with Gasteiger partial charge in [-0.15, -0.1) is 0 Å². The van der Waals surface area contributed by atoms with E-state index in [-0.39, 0.29) is 6.04 Å². The van der Waals surface area contributed by atoms with Gasteiger partial charge >= 0.3 is 6.18 Å². The zero-order valence-electron chi connectivity index (χ0n) is 9.15. The van der Waals surface area contributed by atoms with Crippen molar-refractivity contribution < 1.29 is 17.6 Å². The van der Waals surface area contributed by atoms with Crippen molar-refractivity contribution in [3.05, 3.63) is 35.1 Å². The second-order valence-electron chi connectivity index (χ2n) is 4.24. The molecular weight excluding hydrogens is 234 g/mol. The quantitative estimate of drug-likeness (QED) is 0.747. The van der Waals surface area contributed by atoms with E-state index in [1.165, 1.54) is 6.07 Å². The molecule has 1 atom stereocenters. The Hall–Kier alpha value is -1.10. The van der Waals surface area contributed by atoms with Gasteiger partial charge in [-0.3, -0.25) is 0 Å². The minimum Gasteiger partial charge on any atom is -0.310 e. The minimum absolute atomic E-state index is 0.0922. The van der Waals surface area contributed by atoms with Gasteiger partial charge < -0.3 is 5.32 Å². The first kappa shape index (κ1) is 12.4. The largest absolute Gasteiger partial charge is 0.419 e. The summed E-state index contributed by atoms with van der Waals surface area (Å²) in [6.45, 7) is 0.795. The summed E-state index contributed by atoms with van der Waals surface area (Å²) in [7, 11) is 0. The van der Waals surface area contributed by atoms with Crippen LogP contribution in [0.5, 0.6) is 0 Å². The number of alkyl halides is 3. The van der Waals surface area contributed by atoms with Crippen LogP contribution in [0.15, 0.2) is 18.2 Å². The first-order chi connectivity index (χ1) is 7.98. The van der Waals surface area contributed by atoms with Gasteiger partial charge in [-0.1, -0.05) is 12.5 Å². The van der Waals surface area contributed by atoms with E-state index in [2.05, 4.69) is 5.32 Å². The van der Waals surface area contributed by atoms with Crippen molar-refractivity contribution in [2.45, 2.75) is 31.5 Å². The highest BCUT2D eigenvalue weighted by Crippen LogP contribution is 2.34. The summed E-state index contributed by atoms with van der Waals surface area (Å²) in [6.07, 6.45) is -1.82. The molecule has 0 unspecified atom stereocenters. The van der Waals surface area contributed by atoms with Crippen LogP contribution < -0.4 is 5.32 Å². The highest BCUT2D eigenvalue weighted by molar-refractivity contribution is 5.29. The fraction of sp³-hybridized carbons (Fsp3) is 0.500. The van der Waals surface area contributed by atoms with Gasteiger partial charge in [0.1, 0.15) is 5.82 Å². The molecule has 1 heterocycles. The van der Waals surface area contributed by atoms with Crippen LogP contribution in [0.3, 0.4) is 0 Å². The van der Waals surface area contributed by atoms with Gasteiger partial charge in [0.05, 0.1) is 5.56 Å². The van der Waals surface area contributed by atoms with E-state index in [0.29, 0.717) is 5.56 Å². The predicted octanol–water partition coefficient (Wildman–Crippen LogP) is 3.66. The molecule has 1 saturated heterocycles. The molecule has 1 N–H and O–H groups in total. The van der Waals surface area contributed by atoms with Gasteiger partial charge in [0, 0.05) is 6.04 Å². The first-order valence-electron chi connectivity index (χ1n) is 5.58. The van der Waals surface area contributed by atoms with Crippen LogP contribution in [0.1, 0.15) is 36.4 Å². The number of hydrogen-bond acceptors (Lipinski definition) is 1. The van der Waals surface area contributed by atoms with Crippen LogP contribution in [-0.4, -0.2) is 6.54 Å². The zero-order valence-corrected chi connectivity index (χ0v) is 9.15. The fourth-order valence-corrected chi connectivity index (χ4v) is 2.11. The molecule has 0 bridgehead atoms. The molecule has 5 heteroatoms. The normalized spacial score (nSPS) is 21.5. The van der Waals surface area contributed by atoms with Crippen molar-refractivity contribution in [1.82, 2.24) is 5.32 Å². The van der Waals surface area contributed by atoms with Gasteiger partial charge in [-0.2, -0.15) is 13.2 Å². The number of halogens is 4. The molecule has 1 aromatic rings. The number of hydrogen-bond donors (Lipinski definition) is 1. The van der Waals surface area contributed by atoms with Crippen molar-refractivity contribution >= 4 is 0 Å². The molecule has 0 aliphatic carbocycles. The molecule has 1 nitrogen and oxygen atoms in total. The third kappa shape index (κ3) is 2.77. The molecule has 0 amide bonds. The van der Waals surface area contributed by atoms with Crippen LogP contribution in [0.2, 0.25) is 0 Å². The molecule has 1 aromatic carbocycles. The van der Waals surface area contributed by atoms with E-state index < -0.39 is 17.6 Å². The maximum absolute atomic E-state index is 13.1. The lowest BCUT2D eigenvalue weighted by Gasteiger charge is -2.24. The third-order valence-corrected chi connectivity index (χ3v) is 3.01. The van der Waals surface area contributed by atoms with Gasteiger partial charge in [0.15, 0.2) is 0 Å². The lowest BCUT2D eigenvalue weighted by molar-refractivity contribution is -0.140. The Balaban J connectivity index is 2.30. The van der Waals surface area contributed by atoms with Gasteiger partial charge in [-0.05, 0) is 37.1 Å². The van der Waals surface area contributed by atoms with Gasteiger partial charge in [0.25, 0.3) is 0 Å². The van der Waals surface area contributed by atoms with Crippen molar-refractivity contribution in [2.75, 3.05) is 6.54 Å². The molecule has 0 spiro atoms. The highest BCUT2D eigenvalue weighted by Gasteiger charge is 2.34. The molecule has 0 aromatic heterocycles. The van der Waals surface area contributed by atoms with Crippen molar-refractivity contribution in [1.29, 1.82) is 0 Å². The molecule has 1 aliphatic heterocycles. The SMILES string of the molecule is Fc1ccc([C@@H]2CCCCN2)cc1C(F)(F)F. The number of piperidine rings is 1. The van der Waals surface area contributed by atoms with Crippen molar-refractivity contribution in [2.24, 2.45) is 0 Å². The van der Waals surface area contributed by atoms with Crippen molar-refractivity contribution in [3.8, 4) is 0 Å².